The summed E-state index contributed by atoms with van der Waals surface area (Å²) in [6.07, 6.45) is 2.55. The largest absolute Gasteiger partial charge is 0.492 e. The van der Waals surface area contributed by atoms with Crippen molar-refractivity contribution in [3.63, 3.8) is 0 Å². The van der Waals surface area contributed by atoms with E-state index in [4.69, 9.17) is 4.74 Å². The molecule has 3 nitrogen and oxygen atoms in total. The Morgan fingerprint density at radius 2 is 2.28 bits per heavy atom. The molecule has 1 aromatic rings. The molecular weight excluding hydrogens is 224 g/mol. The van der Waals surface area contributed by atoms with E-state index in [9.17, 15) is 0 Å². The maximum absolute atomic E-state index is 5.83. The molecule has 2 N–H and O–H groups in total. The van der Waals surface area contributed by atoms with Gasteiger partial charge in [0, 0.05) is 19.1 Å². The van der Waals surface area contributed by atoms with Crippen LogP contribution in [0.3, 0.4) is 0 Å². The van der Waals surface area contributed by atoms with Crippen LogP contribution in [0.1, 0.15) is 24.0 Å². The second-order valence-corrected chi connectivity index (χ2v) is 5.11. The fourth-order valence-electron chi connectivity index (χ4n) is 2.31. The first kappa shape index (κ1) is 13.4. The molecule has 0 saturated carbocycles. The number of piperidine rings is 1. The van der Waals surface area contributed by atoms with Crippen molar-refractivity contribution < 1.29 is 4.74 Å². The molecule has 3 heteroatoms. The third-order valence-corrected chi connectivity index (χ3v) is 3.43. The van der Waals surface area contributed by atoms with Gasteiger partial charge in [-0.1, -0.05) is 12.1 Å². The average molecular weight is 248 g/mol. The number of benzene rings is 1. The summed E-state index contributed by atoms with van der Waals surface area (Å²) >= 11 is 0. The fraction of sp³-hybridized carbons (Fsp3) is 0.600. The van der Waals surface area contributed by atoms with Crippen molar-refractivity contribution in [1.82, 2.24) is 10.6 Å². The van der Waals surface area contributed by atoms with Gasteiger partial charge in [0.1, 0.15) is 12.4 Å². The summed E-state index contributed by atoms with van der Waals surface area (Å²) in [5.74, 6) is 1.01. The summed E-state index contributed by atoms with van der Waals surface area (Å²) in [4.78, 5) is 0. The zero-order chi connectivity index (χ0) is 12.8. The lowest BCUT2D eigenvalue weighted by atomic mass is 10.1. The van der Waals surface area contributed by atoms with Gasteiger partial charge in [0.05, 0.1) is 0 Å². The van der Waals surface area contributed by atoms with E-state index in [1.165, 1.54) is 24.0 Å². The average Bonchev–Trinajstić information content (AvgIpc) is 2.40. The molecule has 0 radical (unpaired) electrons. The maximum Gasteiger partial charge on any atom is 0.122 e. The van der Waals surface area contributed by atoms with E-state index >= 15 is 0 Å². The van der Waals surface area contributed by atoms with Gasteiger partial charge in [-0.25, -0.2) is 0 Å². The predicted octanol–water partition coefficient (Wildman–Crippen LogP) is 2.02. The minimum absolute atomic E-state index is 0.612. The van der Waals surface area contributed by atoms with Crippen LogP contribution in [0.4, 0.5) is 0 Å². The van der Waals surface area contributed by atoms with E-state index in [2.05, 4.69) is 42.7 Å². The number of rotatable bonds is 5. The highest BCUT2D eigenvalue weighted by atomic mass is 16.5. The van der Waals surface area contributed by atoms with Gasteiger partial charge in [-0.3, -0.25) is 0 Å². The number of hydrogen-bond acceptors (Lipinski definition) is 3. The van der Waals surface area contributed by atoms with Crippen LogP contribution in [0.15, 0.2) is 18.2 Å². The van der Waals surface area contributed by atoms with Gasteiger partial charge >= 0.3 is 0 Å². The van der Waals surface area contributed by atoms with Gasteiger partial charge in [0.15, 0.2) is 0 Å². The Bertz CT molecular complexity index is 373. The summed E-state index contributed by atoms with van der Waals surface area (Å²) in [6.45, 7) is 8.09. The minimum Gasteiger partial charge on any atom is -0.492 e. The lowest BCUT2D eigenvalue weighted by molar-refractivity contribution is 0.292. The van der Waals surface area contributed by atoms with Crippen LogP contribution in [0.25, 0.3) is 0 Å². The van der Waals surface area contributed by atoms with E-state index in [-0.39, 0.29) is 0 Å². The minimum atomic E-state index is 0.612. The van der Waals surface area contributed by atoms with Gasteiger partial charge in [0.2, 0.25) is 0 Å². The molecule has 1 fully saturated rings. The Balaban J connectivity index is 1.69. The van der Waals surface area contributed by atoms with Crippen LogP contribution in [0.2, 0.25) is 0 Å². The quantitative estimate of drug-likeness (QED) is 0.782. The molecule has 0 unspecified atom stereocenters. The molecular formula is C15H24N2O. The lowest BCUT2D eigenvalue weighted by Crippen LogP contribution is -2.44. The molecule has 1 aliphatic rings. The van der Waals surface area contributed by atoms with Crippen LogP contribution < -0.4 is 15.4 Å². The van der Waals surface area contributed by atoms with Crippen molar-refractivity contribution in [2.45, 2.75) is 32.7 Å². The third kappa shape index (κ3) is 4.00. The van der Waals surface area contributed by atoms with Crippen LogP contribution in [0, 0.1) is 13.8 Å². The van der Waals surface area contributed by atoms with Crippen molar-refractivity contribution in [2.75, 3.05) is 26.2 Å². The Morgan fingerprint density at radius 3 is 3.06 bits per heavy atom. The normalized spacial score (nSPS) is 19.8. The van der Waals surface area contributed by atoms with Crippen molar-refractivity contribution in [1.29, 1.82) is 0 Å². The Labute approximate surface area is 110 Å². The van der Waals surface area contributed by atoms with Gasteiger partial charge < -0.3 is 15.4 Å². The molecule has 1 saturated heterocycles. The number of hydrogen-bond donors (Lipinski definition) is 2. The first-order valence-electron chi connectivity index (χ1n) is 6.90. The smallest absolute Gasteiger partial charge is 0.122 e. The first-order valence-corrected chi connectivity index (χ1v) is 6.90. The maximum atomic E-state index is 5.83. The summed E-state index contributed by atoms with van der Waals surface area (Å²) in [5.41, 5.74) is 2.46. The number of aryl methyl sites for hydroxylation is 2. The van der Waals surface area contributed by atoms with E-state index in [0.717, 1.165) is 32.0 Å². The molecule has 18 heavy (non-hydrogen) atoms. The zero-order valence-electron chi connectivity index (χ0n) is 11.5. The second kappa shape index (κ2) is 6.76. The van der Waals surface area contributed by atoms with Gasteiger partial charge in [0.25, 0.3) is 0 Å². The van der Waals surface area contributed by atoms with Crippen molar-refractivity contribution in [3.05, 3.63) is 29.3 Å². The molecule has 1 atom stereocenters. The molecule has 0 amide bonds. The first-order chi connectivity index (χ1) is 8.75. The zero-order valence-corrected chi connectivity index (χ0v) is 11.5. The molecule has 0 aromatic heterocycles. The van der Waals surface area contributed by atoms with Gasteiger partial charge in [-0.05, 0) is 50.4 Å². The molecule has 1 aromatic carbocycles. The predicted molar refractivity (Wildman–Crippen MR) is 75.3 cm³/mol. The van der Waals surface area contributed by atoms with E-state index in [1.54, 1.807) is 0 Å². The topological polar surface area (TPSA) is 33.3 Å². The monoisotopic (exact) mass is 248 g/mol. The van der Waals surface area contributed by atoms with Gasteiger partial charge in [-0.15, -0.1) is 0 Å². The Hall–Kier alpha value is -1.06. The third-order valence-electron chi connectivity index (χ3n) is 3.43. The molecule has 100 valence electrons. The van der Waals surface area contributed by atoms with E-state index in [1.807, 2.05) is 0 Å². The molecule has 0 spiro atoms. The Kier molecular flexibility index (Phi) is 5.02. The number of nitrogens with one attached hydrogen (secondary N) is 2. The summed E-state index contributed by atoms with van der Waals surface area (Å²) in [7, 11) is 0. The standard InChI is InChI=1S/C15H24N2O/c1-12-5-6-13(2)15(10-12)18-9-8-17-14-4-3-7-16-11-14/h5-6,10,14,16-17H,3-4,7-9,11H2,1-2H3/t14-/m1/s1. The van der Waals surface area contributed by atoms with Gasteiger partial charge in [-0.2, -0.15) is 0 Å². The van der Waals surface area contributed by atoms with Crippen LogP contribution in [-0.2, 0) is 0 Å². The molecule has 0 aliphatic carbocycles. The number of ether oxygens (including phenoxy) is 1. The summed E-state index contributed by atoms with van der Waals surface area (Å²) in [5, 5.41) is 6.95. The summed E-state index contributed by atoms with van der Waals surface area (Å²) in [6, 6.07) is 6.95. The molecule has 1 heterocycles. The molecule has 2 rings (SSSR count). The highest BCUT2D eigenvalue weighted by Gasteiger charge is 2.11. The van der Waals surface area contributed by atoms with Crippen molar-refractivity contribution in [2.24, 2.45) is 0 Å². The second-order valence-electron chi connectivity index (χ2n) is 5.11. The summed E-state index contributed by atoms with van der Waals surface area (Å²) < 4.78 is 5.83. The molecule has 0 bridgehead atoms. The SMILES string of the molecule is Cc1ccc(C)c(OCCN[C@@H]2CCCNC2)c1. The van der Waals surface area contributed by atoms with Crippen LogP contribution >= 0.6 is 0 Å². The van der Waals surface area contributed by atoms with Crippen LogP contribution in [-0.4, -0.2) is 32.3 Å². The Morgan fingerprint density at radius 1 is 1.39 bits per heavy atom. The van der Waals surface area contributed by atoms with Crippen molar-refractivity contribution in [3.8, 4) is 5.75 Å². The lowest BCUT2D eigenvalue weighted by Gasteiger charge is -2.24. The molecule has 1 aliphatic heterocycles. The highest BCUT2D eigenvalue weighted by Crippen LogP contribution is 2.18. The fourth-order valence-corrected chi connectivity index (χ4v) is 2.31. The van der Waals surface area contributed by atoms with E-state index in [0.29, 0.717) is 6.04 Å². The van der Waals surface area contributed by atoms with E-state index < -0.39 is 0 Å². The highest BCUT2D eigenvalue weighted by molar-refractivity contribution is 5.35. The van der Waals surface area contributed by atoms with Crippen LogP contribution in [0.5, 0.6) is 5.75 Å². The van der Waals surface area contributed by atoms with Crippen molar-refractivity contribution >= 4 is 0 Å².